The van der Waals surface area contributed by atoms with Crippen LogP contribution in [0.4, 0.5) is 18.9 Å². The number of hydrogen-bond acceptors (Lipinski definition) is 4. The molecule has 4 rings (SSSR count). The van der Waals surface area contributed by atoms with Crippen molar-refractivity contribution in [1.29, 1.82) is 0 Å². The lowest BCUT2D eigenvalue weighted by atomic mass is 9.96. The lowest BCUT2D eigenvalue weighted by Gasteiger charge is -2.45. The summed E-state index contributed by atoms with van der Waals surface area (Å²) >= 11 is 0. The van der Waals surface area contributed by atoms with Crippen LogP contribution >= 0.6 is 0 Å². The van der Waals surface area contributed by atoms with E-state index in [1.54, 1.807) is 18.2 Å². The van der Waals surface area contributed by atoms with Crippen molar-refractivity contribution in [3.8, 4) is 0 Å². The van der Waals surface area contributed by atoms with Crippen molar-refractivity contribution >= 4 is 15.7 Å². The third-order valence-corrected chi connectivity index (χ3v) is 7.08. The fourth-order valence-corrected chi connectivity index (χ4v) is 5.60. The van der Waals surface area contributed by atoms with E-state index in [9.17, 15) is 21.6 Å². The fourth-order valence-electron chi connectivity index (χ4n) is 3.97. The van der Waals surface area contributed by atoms with Gasteiger partial charge in [-0.25, -0.2) is 8.42 Å². The number of benzene rings is 2. The second kappa shape index (κ2) is 7.00. The van der Waals surface area contributed by atoms with Crippen LogP contribution in [0.3, 0.4) is 0 Å². The summed E-state index contributed by atoms with van der Waals surface area (Å²) in [6, 6.07) is 10.6. The molecule has 0 radical (unpaired) electrons. The molecule has 156 valence electrons. The van der Waals surface area contributed by atoms with Gasteiger partial charge in [0.15, 0.2) is 0 Å². The van der Waals surface area contributed by atoms with E-state index in [0.717, 1.165) is 11.6 Å². The molecule has 2 aromatic rings. The molecular weight excluding hydrogens is 403 g/mol. The average molecular weight is 425 g/mol. The van der Waals surface area contributed by atoms with Gasteiger partial charge in [0.05, 0.1) is 11.3 Å². The summed E-state index contributed by atoms with van der Waals surface area (Å²) < 4.78 is 67.0. The monoisotopic (exact) mass is 425 g/mol. The van der Waals surface area contributed by atoms with Gasteiger partial charge in [0, 0.05) is 19.6 Å². The van der Waals surface area contributed by atoms with Crippen LogP contribution in [0.15, 0.2) is 47.4 Å². The van der Waals surface area contributed by atoms with Gasteiger partial charge < -0.3 is 5.32 Å². The van der Waals surface area contributed by atoms with Gasteiger partial charge in [-0.05, 0) is 49.1 Å². The second-order valence-electron chi connectivity index (χ2n) is 7.79. The molecule has 0 saturated carbocycles. The highest BCUT2D eigenvalue weighted by Gasteiger charge is 2.43. The van der Waals surface area contributed by atoms with Gasteiger partial charge in [0.25, 0.3) is 0 Å². The summed E-state index contributed by atoms with van der Waals surface area (Å²) in [5.41, 5.74) is 0.611. The van der Waals surface area contributed by atoms with Crippen LogP contribution in [0.1, 0.15) is 29.5 Å². The Morgan fingerprint density at radius 1 is 1.10 bits per heavy atom. The minimum absolute atomic E-state index is 0.245. The highest BCUT2D eigenvalue weighted by molar-refractivity contribution is 7.89. The zero-order valence-electron chi connectivity index (χ0n) is 15.9. The lowest BCUT2D eigenvalue weighted by molar-refractivity contribution is -0.137. The molecule has 0 atom stereocenters. The molecule has 0 amide bonds. The number of sulfonamides is 1. The third kappa shape index (κ3) is 4.12. The molecule has 29 heavy (non-hydrogen) atoms. The van der Waals surface area contributed by atoms with Crippen LogP contribution in [-0.4, -0.2) is 32.1 Å². The Kier molecular flexibility index (Phi) is 4.87. The molecule has 1 saturated heterocycles. The molecule has 2 N–H and O–H groups in total. The van der Waals surface area contributed by atoms with Crippen molar-refractivity contribution in [2.75, 3.05) is 18.4 Å². The zero-order valence-corrected chi connectivity index (χ0v) is 16.7. The fraction of sp³-hybridized carbons (Fsp3) is 0.400. The van der Waals surface area contributed by atoms with E-state index in [1.165, 1.54) is 12.1 Å². The summed E-state index contributed by atoms with van der Waals surface area (Å²) in [4.78, 5) is 2.29. The smallest absolute Gasteiger partial charge is 0.365 e. The number of hydrogen-bond donors (Lipinski definition) is 2. The summed E-state index contributed by atoms with van der Waals surface area (Å²) in [5, 5.41) is 3.34. The summed E-state index contributed by atoms with van der Waals surface area (Å²) in [6.07, 6.45) is -3.34. The minimum Gasteiger partial charge on any atom is -0.365 e. The molecule has 5 nitrogen and oxygen atoms in total. The van der Waals surface area contributed by atoms with E-state index in [-0.39, 0.29) is 4.90 Å². The van der Waals surface area contributed by atoms with Crippen LogP contribution in [-0.2, 0) is 22.7 Å². The van der Waals surface area contributed by atoms with Crippen LogP contribution in [0, 0.1) is 6.92 Å². The van der Waals surface area contributed by atoms with Gasteiger partial charge in [-0.3, -0.25) is 4.90 Å². The Labute approximate surface area is 168 Å². The molecule has 1 spiro atoms. The molecule has 2 heterocycles. The number of alkyl halides is 3. The number of piperidine rings is 1. The molecule has 0 unspecified atom stereocenters. The van der Waals surface area contributed by atoms with E-state index in [4.69, 9.17) is 0 Å². The number of nitrogens with zero attached hydrogens (tertiary/aromatic N) is 1. The minimum atomic E-state index is -4.36. The second-order valence-corrected chi connectivity index (χ2v) is 9.44. The Morgan fingerprint density at radius 3 is 2.52 bits per heavy atom. The van der Waals surface area contributed by atoms with E-state index < -0.39 is 27.4 Å². The standard InChI is InChI=1S/C20H22F3N3O2S/c1-14-5-6-17-18(11-14)29(27,28)25-19(24-17)7-9-26(10-8-19)13-15-3-2-4-16(12-15)20(21,22)23/h2-6,11-12,24-25H,7-10,13H2,1H3. The summed E-state index contributed by atoms with van der Waals surface area (Å²) in [7, 11) is -3.63. The average Bonchev–Trinajstić information content (AvgIpc) is 2.64. The first-order chi connectivity index (χ1) is 13.6. The summed E-state index contributed by atoms with van der Waals surface area (Å²) in [6.45, 7) is 3.36. The first kappa shape index (κ1) is 20.2. The lowest BCUT2D eigenvalue weighted by Crippen LogP contribution is -2.61. The van der Waals surface area contributed by atoms with E-state index in [1.807, 2.05) is 17.9 Å². The van der Waals surface area contributed by atoms with Gasteiger partial charge in [-0.15, -0.1) is 0 Å². The van der Waals surface area contributed by atoms with Crippen molar-refractivity contribution < 1.29 is 21.6 Å². The molecule has 9 heteroatoms. The number of nitrogens with one attached hydrogen (secondary N) is 2. The number of anilines is 1. The molecule has 2 aromatic carbocycles. The first-order valence-corrected chi connectivity index (χ1v) is 10.9. The third-order valence-electron chi connectivity index (χ3n) is 5.50. The normalized spacial score (nSPS) is 20.8. The molecule has 0 aliphatic carbocycles. The highest BCUT2D eigenvalue weighted by atomic mass is 32.2. The van der Waals surface area contributed by atoms with Crippen LogP contribution in [0.25, 0.3) is 0 Å². The number of rotatable bonds is 2. The SMILES string of the molecule is Cc1ccc2c(c1)S(=O)(=O)NC1(CCN(Cc3cccc(C(F)(F)F)c3)CC1)N2. The number of halogens is 3. The van der Waals surface area contributed by atoms with Crippen LogP contribution < -0.4 is 10.0 Å². The highest BCUT2D eigenvalue weighted by Crippen LogP contribution is 2.36. The molecular formula is C20H22F3N3O2S. The Bertz CT molecular complexity index is 1030. The maximum absolute atomic E-state index is 12.9. The number of fused-ring (bicyclic) bond motifs is 1. The maximum Gasteiger partial charge on any atom is 0.416 e. The van der Waals surface area contributed by atoms with Crippen molar-refractivity contribution in [3.63, 3.8) is 0 Å². The topological polar surface area (TPSA) is 61.4 Å². The quantitative estimate of drug-likeness (QED) is 0.770. The van der Waals surface area contributed by atoms with Gasteiger partial charge in [0.2, 0.25) is 10.0 Å². The maximum atomic E-state index is 12.9. The Morgan fingerprint density at radius 2 is 1.83 bits per heavy atom. The molecule has 0 aromatic heterocycles. The van der Waals surface area contributed by atoms with Gasteiger partial charge in [-0.2, -0.15) is 17.9 Å². The molecule has 2 aliphatic heterocycles. The van der Waals surface area contributed by atoms with Crippen LogP contribution in [0.5, 0.6) is 0 Å². The van der Waals surface area contributed by atoms with Crippen molar-refractivity contribution in [1.82, 2.24) is 9.62 Å². The van der Waals surface area contributed by atoms with E-state index in [0.29, 0.717) is 43.7 Å². The first-order valence-electron chi connectivity index (χ1n) is 9.38. The van der Waals surface area contributed by atoms with Gasteiger partial charge in [-0.1, -0.05) is 24.3 Å². The zero-order chi connectivity index (χ0) is 20.9. The van der Waals surface area contributed by atoms with E-state index in [2.05, 4.69) is 10.0 Å². The Balaban J connectivity index is 1.47. The van der Waals surface area contributed by atoms with Crippen molar-refractivity contribution in [3.05, 3.63) is 59.2 Å². The van der Waals surface area contributed by atoms with Crippen molar-refractivity contribution in [2.45, 2.75) is 43.0 Å². The van der Waals surface area contributed by atoms with Gasteiger partial charge >= 0.3 is 6.18 Å². The summed E-state index contributed by atoms with van der Waals surface area (Å²) in [5.74, 6) is 0. The predicted octanol–water partition coefficient (Wildman–Crippen LogP) is 3.71. The molecule has 2 aliphatic rings. The number of likely N-dealkylation sites (tertiary alicyclic amines) is 1. The van der Waals surface area contributed by atoms with E-state index >= 15 is 0 Å². The predicted molar refractivity (Wildman–Crippen MR) is 104 cm³/mol. The van der Waals surface area contributed by atoms with Crippen LogP contribution in [0.2, 0.25) is 0 Å². The number of aryl methyl sites for hydroxylation is 1. The Hall–Kier alpha value is -2.10. The molecule has 0 bridgehead atoms. The molecule has 1 fully saturated rings. The van der Waals surface area contributed by atoms with Gasteiger partial charge in [0.1, 0.15) is 10.6 Å². The largest absolute Gasteiger partial charge is 0.416 e. The van der Waals surface area contributed by atoms with Crippen molar-refractivity contribution in [2.24, 2.45) is 0 Å².